The number of nitrogens with one attached hydrogen (secondary N) is 1. The van der Waals surface area contributed by atoms with Crippen LogP contribution in [0, 0.1) is 0 Å². The molecule has 0 radical (unpaired) electrons. The van der Waals surface area contributed by atoms with Crippen molar-refractivity contribution in [1.82, 2.24) is 4.72 Å². The molecule has 0 aliphatic heterocycles. The Morgan fingerprint density at radius 3 is 2.54 bits per heavy atom. The van der Waals surface area contributed by atoms with Crippen LogP contribution in [-0.4, -0.2) is 13.5 Å². The van der Waals surface area contributed by atoms with Crippen molar-refractivity contribution in [2.75, 3.05) is 0 Å². The number of thiophene rings is 2. The molecule has 1 aromatic carbocycles. The minimum Gasteiger partial charge on any atom is -0.383 e. The summed E-state index contributed by atoms with van der Waals surface area (Å²) in [5.41, 5.74) is 0.851. The third kappa shape index (κ3) is 4.14. The molecule has 3 aromatic rings. The molecule has 0 spiro atoms. The van der Waals surface area contributed by atoms with E-state index in [9.17, 15) is 13.5 Å². The molecule has 0 bridgehead atoms. The number of sulfonamides is 1. The molecule has 126 valence electrons. The van der Waals surface area contributed by atoms with Crippen LogP contribution in [0.25, 0.3) is 0 Å². The van der Waals surface area contributed by atoms with Gasteiger partial charge in [-0.3, -0.25) is 0 Å². The zero-order valence-corrected chi connectivity index (χ0v) is 16.4. The van der Waals surface area contributed by atoms with Gasteiger partial charge in [-0.15, -0.1) is 11.3 Å². The summed E-state index contributed by atoms with van der Waals surface area (Å²) in [6.45, 7) is 0.194. The molecule has 3 rings (SSSR count). The van der Waals surface area contributed by atoms with Crippen LogP contribution in [0.5, 0.6) is 0 Å². The van der Waals surface area contributed by atoms with Crippen molar-refractivity contribution in [2.45, 2.75) is 17.5 Å². The van der Waals surface area contributed by atoms with Gasteiger partial charge < -0.3 is 5.11 Å². The Bertz CT molecular complexity index is 902. The van der Waals surface area contributed by atoms with Gasteiger partial charge in [0.25, 0.3) is 0 Å². The van der Waals surface area contributed by atoms with Crippen LogP contribution >= 0.6 is 38.6 Å². The van der Waals surface area contributed by atoms with Gasteiger partial charge in [-0.05, 0) is 58.8 Å². The summed E-state index contributed by atoms with van der Waals surface area (Å²) in [5, 5.41) is 14.1. The molecule has 0 saturated carbocycles. The summed E-state index contributed by atoms with van der Waals surface area (Å²) in [4.78, 5) is 1.87. The fourth-order valence-electron chi connectivity index (χ4n) is 2.09. The number of hydrogen-bond donors (Lipinski definition) is 2. The Kier molecular flexibility index (Phi) is 5.53. The lowest BCUT2D eigenvalue weighted by Crippen LogP contribution is -2.22. The van der Waals surface area contributed by atoms with Crippen molar-refractivity contribution in [1.29, 1.82) is 0 Å². The largest absolute Gasteiger partial charge is 0.383 e. The van der Waals surface area contributed by atoms with E-state index in [1.54, 1.807) is 24.3 Å². The lowest BCUT2D eigenvalue weighted by atomic mass is 10.2. The molecule has 0 aliphatic rings. The number of aliphatic hydroxyl groups is 1. The van der Waals surface area contributed by atoms with Crippen LogP contribution in [0.3, 0.4) is 0 Å². The van der Waals surface area contributed by atoms with E-state index in [0.29, 0.717) is 0 Å². The topological polar surface area (TPSA) is 66.4 Å². The predicted octanol–water partition coefficient (Wildman–Crippen LogP) is 4.13. The minimum absolute atomic E-state index is 0.194. The molecule has 8 heteroatoms. The second-order valence-electron chi connectivity index (χ2n) is 5.04. The van der Waals surface area contributed by atoms with Gasteiger partial charge in [-0.2, -0.15) is 11.3 Å². The Hall–Kier alpha value is -1.03. The zero-order valence-electron chi connectivity index (χ0n) is 12.3. The Morgan fingerprint density at radius 2 is 1.88 bits per heavy atom. The van der Waals surface area contributed by atoms with Crippen molar-refractivity contribution >= 4 is 48.6 Å². The molecule has 0 fully saturated rings. The van der Waals surface area contributed by atoms with Crippen molar-refractivity contribution in [3.63, 3.8) is 0 Å². The van der Waals surface area contributed by atoms with Crippen molar-refractivity contribution in [3.05, 3.63) is 73.0 Å². The van der Waals surface area contributed by atoms with Crippen molar-refractivity contribution in [2.24, 2.45) is 0 Å². The lowest BCUT2D eigenvalue weighted by Gasteiger charge is -2.06. The molecule has 2 aromatic heterocycles. The van der Waals surface area contributed by atoms with E-state index in [1.165, 1.54) is 22.7 Å². The second-order valence-corrected chi connectivity index (χ2v) is 9.70. The highest BCUT2D eigenvalue weighted by Gasteiger charge is 2.16. The smallest absolute Gasteiger partial charge is 0.240 e. The molecule has 0 saturated heterocycles. The Labute approximate surface area is 157 Å². The van der Waals surface area contributed by atoms with Crippen molar-refractivity contribution < 1.29 is 13.5 Å². The van der Waals surface area contributed by atoms with Crippen LogP contribution in [0.1, 0.15) is 21.4 Å². The number of benzene rings is 1. The minimum atomic E-state index is -3.55. The maximum absolute atomic E-state index is 12.3. The molecular weight excluding hydrogens is 430 g/mol. The summed E-state index contributed by atoms with van der Waals surface area (Å²) < 4.78 is 28.0. The van der Waals surface area contributed by atoms with Gasteiger partial charge in [0.15, 0.2) is 0 Å². The number of aliphatic hydroxyl groups excluding tert-OH is 1. The number of rotatable bonds is 6. The first kappa shape index (κ1) is 17.8. The fourth-order valence-corrected chi connectivity index (χ4v) is 5.10. The molecule has 0 aliphatic carbocycles. The SMILES string of the molecule is O=S(=O)(NCc1ccc([C@@H](O)c2ccsc2)s1)c1ccc(Br)cc1. The average molecular weight is 444 g/mol. The number of halogens is 1. The normalized spacial score (nSPS) is 13.1. The van der Waals surface area contributed by atoms with Gasteiger partial charge in [0.1, 0.15) is 6.10 Å². The zero-order chi connectivity index (χ0) is 17.2. The van der Waals surface area contributed by atoms with E-state index in [0.717, 1.165) is 19.8 Å². The molecule has 24 heavy (non-hydrogen) atoms. The quantitative estimate of drug-likeness (QED) is 0.601. The lowest BCUT2D eigenvalue weighted by molar-refractivity contribution is 0.224. The van der Waals surface area contributed by atoms with Crippen LogP contribution in [0.4, 0.5) is 0 Å². The molecule has 0 amide bonds. The summed E-state index contributed by atoms with van der Waals surface area (Å²) in [5.74, 6) is 0. The van der Waals surface area contributed by atoms with Gasteiger partial charge in [-0.25, -0.2) is 13.1 Å². The standard InChI is InChI=1S/C16H14BrNO3S3/c17-12-1-4-14(5-2-12)24(20,21)18-9-13-3-6-15(23-13)16(19)11-7-8-22-10-11/h1-8,10,16,18-19H,9H2/t16-/m0/s1. The maximum atomic E-state index is 12.3. The van der Waals surface area contributed by atoms with Gasteiger partial charge in [0.05, 0.1) is 4.90 Å². The summed E-state index contributed by atoms with van der Waals surface area (Å²) >= 11 is 6.21. The summed E-state index contributed by atoms with van der Waals surface area (Å²) in [6.07, 6.45) is -0.668. The number of hydrogen-bond acceptors (Lipinski definition) is 5. The van der Waals surface area contributed by atoms with Gasteiger partial charge in [0, 0.05) is 20.8 Å². The van der Waals surface area contributed by atoms with E-state index in [4.69, 9.17) is 0 Å². The first-order valence-corrected chi connectivity index (χ1v) is 11.0. The van der Waals surface area contributed by atoms with Crippen LogP contribution in [-0.2, 0) is 16.6 Å². The van der Waals surface area contributed by atoms with Crippen molar-refractivity contribution in [3.8, 4) is 0 Å². The van der Waals surface area contributed by atoms with E-state index in [1.807, 2.05) is 29.0 Å². The summed E-state index contributed by atoms with van der Waals surface area (Å²) in [6, 6.07) is 12.0. The first-order chi connectivity index (χ1) is 11.5. The maximum Gasteiger partial charge on any atom is 0.240 e. The Balaban J connectivity index is 1.68. The van der Waals surface area contributed by atoms with E-state index in [-0.39, 0.29) is 11.4 Å². The molecule has 0 unspecified atom stereocenters. The fraction of sp³-hybridized carbons (Fsp3) is 0.125. The van der Waals surface area contributed by atoms with Gasteiger partial charge in [0.2, 0.25) is 10.0 Å². The molecule has 4 nitrogen and oxygen atoms in total. The third-order valence-electron chi connectivity index (χ3n) is 3.37. The van der Waals surface area contributed by atoms with E-state index in [2.05, 4.69) is 20.7 Å². The van der Waals surface area contributed by atoms with Crippen LogP contribution < -0.4 is 4.72 Å². The average Bonchev–Trinajstić information content (AvgIpc) is 3.25. The van der Waals surface area contributed by atoms with Crippen LogP contribution in [0.15, 0.2) is 62.6 Å². The first-order valence-electron chi connectivity index (χ1n) is 7.00. The Morgan fingerprint density at radius 1 is 1.12 bits per heavy atom. The van der Waals surface area contributed by atoms with Gasteiger partial charge >= 0.3 is 0 Å². The van der Waals surface area contributed by atoms with E-state index < -0.39 is 16.1 Å². The molecule has 2 heterocycles. The second kappa shape index (κ2) is 7.47. The predicted molar refractivity (Wildman–Crippen MR) is 101 cm³/mol. The van der Waals surface area contributed by atoms with Gasteiger partial charge in [-0.1, -0.05) is 15.9 Å². The third-order valence-corrected chi connectivity index (χ3v) is 7.16. The highest BCUT2D eigenvalue weighted by Crippen LogP contribution is 2.29. The molecule has 2 N–H and O–H groups in total. The van der Waals surface area contributed by atoms with Crippen LogP contribution in [0.2, 0.25) is 0 Å². The molecular formula is C16H14BrNO3S3. The van der Waals surface area contributed by atoms with E-state index >= 15 is 0 Å². The summed E-state index contributed by atoms with van der Waals surface area (Å²) in [7, 11) is -3.55. The monoisotopic (exact) mass is 443 g/mol. The highest BCUT2D eigenvalue weighted by atomic mass is 79.9. The highest BCUT2D eigenvalue weighted by molar-refractivity contribution is 9.10. The molecule has 1 atom stereocenters.